The second-order valence-corrected chi connectivity index (χ2v) is 9.54. The summed E-state index contributed by atoms with van der Waals surface area (Å²) in [6, 6.07) is 9.35. The van der Waals surface area contributed by atoms with Crippen LogP contribution >= 0.6 is 0 Å². The highest BCUT2D eigenvalue weighted by Crippen LogP contribution is 2.25. The lowest BCUT2D eigenvalue weighted by Gasteiger charge is -2.30. The first kappa shape index (κ1) is 25.1. The van der Waals surface area contributed by atoms with Gasteiger partial charge in [0.05, 0.1) is 6.54 Å². The molecule has 8 heteroatoms. The number of nitrogens with one attached hydrogen (secondary N) is 2. The molecule has 2 aromatic carbocycles. The molecule has 0 spiro atoms. The van der Waals surface area contributed by atoms with Crippen LogP contribution in [0.15, 0.2) is 54.6 Å². The van der Waals surface area contributed by atoms with E-state index in [1.165, 1.54) is 28.9 Å². The van der Waals surface area contributed by atoms with E-state index in [1.54, 1.807) is 18.2 Å². The van der Waals surface area contributed by atoms with Gasteiger partial charge in [-0.2, -0.15) is 5.10 Å². The highest BCUT2D eigenvalue weighted by atomic mass is 19.1. The van der Waals surface area contributed by atoms with E-state index < -0.39 is 23.2 Å². The molecule has 6 nitrogen and oxygen atoms in total. The quantitative estimate of drug-likeness (QED) is 0.475. The van der Waals surface area contributed by atoms with Gasteiger partial charge in [-0.05, 0) is 42.5 Å². The molecule has 1 heterocycles. The zero-order valence-corrected chi connectivity index (χ0v) is 19.9. The molecule has 2 N–H and O–H groups in total. The summed E-state index contributed by atoms with van der Waals surface area (Å²) in [7, 11) is 0. The van der Waals surface area contributed by atoms with Gasteiger partial charge in [-0.1, -0.05) is 50.6 Å². The average Bonchev–Trinajstić information content (AvgIpc) is 3.12. The SMILES string of the molecule is C=C(C)CCNC(=O)C(NC(=O)c1nn(Cc2ccc(F)cc2)c2c(F)cccc12)C(C)(C)C. The molecular formula is C26H30F2N4O2. The van der Waals surface area contributed by atoms with E-state index in [2.05, 4.69) is 22.3 Å². The molecule has 0 aliphatic carbocycles. The number of nitrogens with zero attached hydrogens (tertiary/aromatic N) is 2. The van der Waals surface area contributed by atoms with Gasteiger partial charge in [-0.3, -0.25) is 14.3 Å². The van der Waals surface area contributed by atoms with Crippen LogP contribution in [0.2, 0.25) is 0 Å². The van der Waals surface area contributed by atoms with E-state index in [0.29, 0.717) is 23.9 Å². The van der Waals surface area contributed by atoms with Gasteiger partial charge in [-0.25, -0.2) is 8.78 Å². The van der Waals surface area contributed by atoms with Gasteiger partial charge >= 0.3 is 0 Å². The number of benzene rings is 2. The molecule has 180 valence electrons. The van der Waals surface area contributed by atoms with Gasteiger partial charge in [0.15, 0.2) is 5.69 Å². The van der Waals surface area contributed by atoms with Crippen molar-refractivity contribution >= 4 is 22.7 Å². The summed E-state index contributed by atoms with van der Waals surface area (Å²) in [6.07, 6.45) is 0.633. The van der Waals surface area contributed by atoms with Crippen LogP contribution in [0.3, 0.4) is 0 Å². The lowest BCUT2D eigenvalue weighted by molar-refractivity contribution is -0.125. The summed E-state index contributed by atoms with van der Waals surface area (Å²) >= 11 is 0. The van der Waals surface area contributed by atoms with Gasteiger partial charge in [0.2, 0.25) is 5.91 Å². The fourth-order valence-electron chi connectivity index (χ4n) is 3.61. The molecule has 3 rings (SSSR count). The predicted molar refractivity (Wildman–Crippen MR) is 128 cm³/mol. The highest BCUT2D eigenvalue weighted by molar-refractivity contribution is 6.06. The number of halogens is 2. The van der Waals surface area contributed by atoms with Crippen LogP contribution in [0, 0.1) is 17.0 Å². The predicted octanol–water partition coefficient (Wildman–Crippen LogP) is 4.59. The average molecular weight is 469 g/mol. The molecule has 0 aliphatic rings. The molecular weight excluding hydrogens is 438 g/mol. The number of hydrogen-bond donors (Lipinski definition) is 2. The second-order valence-electron chi connectivity index (χ2n) is 9.54. The summed E-state index contributed by atoms with van der Waals surface area (Å²) in [6.45, 7) is 11.8. The minimum absolute atomic E-state index is 0.0144. The first-order valence-corrected chi connectivity index (χ1v) is 11.1. The lowest BCUT2D eigenvalue weighted by atomic mass is 9.86. The molecule has 3 aromatic rings. The van der Waals surface area contributed by atoms with Crippen molar-refractivity contribution in [3.05, 3.63) is 77.5 Å². The van der Waals surface area contributed by atoms with E-state index in [-0.39, 0.29) is 29.5 Å². The highest BCUT2D eigenvalue weighted by Gasteiger charge is 2.34. The van der Waals surface area contributed by atoms with Crippen LogP contribution in [0.5, 0.6) is 0 Å². The third kappa shape index (κ3) is 5.87. The number of aromatic nitrogens is 2. The molecule has 34 heavy (non-hydrogen) atoms. The molecule has 0 radical (unpaired) electrons. The van der Waals surface area contributed by atoms with Gasteiger partial charge in [0.1, 0.15) is 23.2 Å². The Kier molecular flexibility index (Phi) is 7.49. The van der Waals surface area contributed by atoms with E-state index in [4.69, 9.17) is 0 Å². The summed E-state index contributed by atoms with van der Waals surface area (Å²) in [4.78, 5) is 26.1. The van der Waals surface area contributed by atoms with Crippen molar-refractivity contribution in [2.24, 2.45) is 5.41 Å². The zero-order chi connectivity index (χ0) is 25.0. The molecule has 2 amide bonds. The smallest absolute Gasteiger partial charge is 0.273 e. The summed E-state index contributed by atoms with van der Waals surface area (Å²) in [5, 5.41) is 10.3. The first-order valence-electron chi connectivity index (χ1n) is 11.1. The molecule has 0 aliphatic heterocycles. The molecule has 1 atom stereocenters. The van der Waals surface area contributed by atoms with E-state index >= 15 is 0 Å². The van der Waals surface area contributed by atoms with Gasteiger partial charge in [0.25, 0.3) is 5.91 Å². The fraction of sp³-hybridized carbons (Fsp3) is 0.346. The minimum atomic E-state index is -0.837. The lowest BCUT2D eigenvalue weighted by Crippen LogP contribution is -2.53. The van der Waals surface area contributed by atoms with Crippen molar-refractivity contribution in [3.63, 3.8) is 0 Å². The normalized spacial score (nSPS) is 12.4. The van der Waals surface area contributed by atoms with Crippen LogP contribution in [-0.4, -0.2) is 34.2 Å². The van der Waals surface area contributed by atoms with Crippen molar-refractivity contribution in [3.8, 4) is 0 Å². The Hall–Kier alpha value is -3.55. The zero-order valence-electron chi connectivity index (χ0n) is 19.9. The monoisotopic (exact) mass is 468 g/mol. The van der Waals surface area contributed by atoms with Crippen molar-refractivity contribution in [2.75, 3.05) is 6.54 Å². The summed E-state index contributed by atoms with van der Waals surface area (Å²) < 4.78 is 29.4. The van der Waals surface area contributed by atoms with Crippen LogP contribution in [-0.2, 0) is 11.3 Å². The number of carbonyl (C=O) groups is 2. The minimum Gasteiger partial charge on any atom is -0.354 e. The molecule has 0 saturated carbocycles. The molecule has 0 bridgehead atoms. The maximum atomic E-state index is 14.8. The van der Waals surface area contributed by atoms with Crippen LogP contribution < -0.4 is 10.6 Å². The van der Waals surface area contributed by atoms with Crippen molar-refractivity contribution < 1.29 is 18.4 Å². The van der Waals surface area contributed by atoms with Gasteiger partial charge in [-0.15, -0.1) is 6.58 Å². The van der Waals surface area contributed by atoms with E-state index in [0.717, 1.165) is 5.57 Å². The van der Waals surface area contributed by atoms with Crippen molar-refractivity contribution in [1.82, 2.24) is 20.4 Å². The number of para-hydroxylation sites is 1. The first-order chi connectivity index (χ1) is 16.0. The Bertz CT molecular complexity index is 1210. The second kappa shape index (κ2) is 10.2. The topological polar surface area (TPSA) is 76.0 Å². The maximum absolute atomic E-state index is 14.8. The largest absolute Gasteiger partial charge is 0.354 e. The third-order valence-electron chi connectivity index (χ3n) is 5.44. The Morgan fingerprint density at radius 1 is 1.12 bits per heavy atom. The Labute approximate surface area is 198 Å². The van der Waals surface area contributed by atoms with Gasteiger partial charge in [0, 0.05) is 11.9 Å². The van der Waals surface area contributed by atoms with Gasteiger partial charge < -0.3 is 10.6 Å². The Balaban J connectivity index is 1.91. The molecule has 0 saturated heterocycles. The molecule has 1 unspecified atom stereocenters. The number of fused-ring (bicyclic) bond motifs is 1. The van der Waals surface area contributed by atoms with Crippen LogP contribution in [0.1, 0.15) is 50.2 Å². The number of amides is 2. The summed E-state index contributed by atoms with van der Waals surface area (Å²) in [5.74, 6) is -1.81. The van der Waals surface area contributed by atoms with E-state index in [9.17, 15) is 18.4 Å². The molecule has 0 fully saturated rings. The third-order valence-corrected chi connectivity index (χ3v) is 5.44. The Morgan fingerprint density at radius 2 is 1.79 bits per heavy atom. The van der Waals surface area contributed by atoms with Crippen LogP contribution in [0.4, 0.5) is 8.78 Å². The number of rotatable bonds is 8. The standard InChI is InChI=1S/C26H30F2N4O2/c1-16(2)13-14-29-25(34)23(26(3,4)5)30-24(33)21-19-7-6-8-20(28)22(19)32(31-21)15-17-9-11-18(27)12-10-17/h6-12,23H,1,13-15H2,2-5H3,(H,29,34)(H,30,33). The summed E-state index contributed by atoms with van der Waals surface area (Å²) in [5.41, 5.74) is 1.24. The molecule has 1 aromatic heterocycles. The Morgan fingerprint density at radius 3 is 2.41 bits per heavy atom. The number of carbonyl (C=O) groups excluding carboxylic acids is 2. The number of hydrogen-bond acceptors (Lipinski definition) is 3. The fourth-order valence-corrected chi connectivity index (χ4v) is 3.61. The van der Waals surface area contributed by atoms with Crippen molar-refractivity contribution in [2.45, 2.75) is 46.7 Å². The van der Waals surface area contributed by atoms with E-state index in [1.807, 2.05) is 27.7 Å². The van der Waals surface area contributed by atoms with Crippen molar-refractivity contribution in [1.29, 1.82) is 0 Å². The van der Waals surface area contributed by atoms with Crippen LogP contribution in [0.25, 0.3) is 10.9 Å². The maximum Gasteiger partial charge on any atom is 0.273 e.